The molecule has 0 saturated heterocycles. The van der Waals surface area contributed by atoms with Crippen molar-refractivity contribution in [3.63, 3.8) is 0 Å². The molecule has 0 heterocycles. The highest BCUT2D eigenvalue weighted by Gasteiger charge is 2.54. The SMILES string of the molecule is Cc1ccc(Br)cc1NC(=O)CCNC(=O)CCNC(=O)C12CC3CC(CC(C3)C1)C2. The summed E-state index contributed by atoms with van der Waals surface area (Å²) in [5.41, 5.74) is 1.57. The smallest absolute Gasteiger partial charge is 0.226 e. The number of amides is 3. The zero-order valence-corrected chi connectivity index (χ0v) is 19.7. The van der Waals surface area contributed by atoms with E-state index in [1.807, 2.05) is 25.1 Å². The van der Waals surface area contributed by atoms with E-state index >= 15 is 0 Å². The molecule has 4 aliphatic rings. The second-order valence-electron chi connectivity index (χ2n) is 9.81. The summed E-state index contributed by atoms with van der Waals surface area (Å²) in [6.07, 6.45) is 7.47. The van der Waals surface area contributed by atoms with Gasteiger partial charge < -0.3 is 16.0 Å². The third-order valence-electron chi connectivity index (χ3n) is 7.31. The Bertz CT molecular complexity index is 834. The van der Waals surface area contributed by atoms with Gasteiger partial charge in [0.05, 0.1) is 0 Å². The van der Waals surface area contributed by atoms with Crippen LogP contribution in [0.3, 0.4) is 0 Å². The molecular weight excluding hydrogens is 458 g/mol. The highest BCUT2D eigenvalue weighted by Crippen LogP contribution is 2.60. The summed E-state index contributed by atoms with van der Waals surface area (Å²) >= 11 is 3.40. The maximum Gasteiger partial charge on any atom is 0.226 e. The molecule has 4 fully saturated rings. The Hall–Kier alpha value is -1.89. The lowest BCUT2D eigenvalue weighted by Gasteiger charge is -2.55. The summed E-state index contributed by atoms with van der Waals surface area (Å²) in [5, 5.41) is 8.67. The van der Waals surface area contributed by atoms with Crippen molar-refractivity contribution in [2.75, 3.05) is 18.4 Å². The molecule has 4 saturated carbocycles. The van der Waals surface area contributed by atoms with E-state index in [1.54, 1.807) is 0 Å². The fraction of sp³-hybridized carbons (Fsp3) is 0.625. The monoisotopic (exact) mass is 489 g/mol. The van der Waals surface area contributed by atoms with Crippen molar-refractivity contribution in [1.29, 1.82) is 0 Å². The minimum Gasteiger partial charge on any atom is -0.356 e. The van der Waals surface area contributed by atoms with Crippen LogP contribution in [0.25, 0.3) is 0 Å². The van der Waals surface area contributed by atoms with Gasteiger partial charge in [-0.15, -0.1) is 0 Å². The van der Waals surface area contributed by atoms with Crippen LogP contribution in [0.5, 0.6) is 0 Å². The minimum atomic E-state index is -0.173. The summed E-state index contributed by atoms with van der Waals surface area (Å²) < 4.78 is 0.900. The molecule has 1 aromatic carbocycles. The molecule has 31 heavy (non-hydrogen) atoms. The summed E-state index contributed by atoms with van der Waals surface area (Å²) in [4.78, 5) is 37.1. The van der Waals surface area contributed by atoms with Gasteiger partial charge in [0.25, 0.3) is 0 Å². The third-order valence-corrected chi connectivity index (χ3v) is 7.80. The third kappa shape index (κ3) is 5.30. The van der Waals surface area contributed by atoms with Gasteiger partial charge in [-0.2, -0.15) is 0 Å². The lowest BCUT2D eigenvalue weighted by molar-refractivity contribution is -0.146. The first-order valence-electron chi connectivity index (χ1n) is 11.4. The Morgan fingerprint density at radius 2 is 1.52 bits per heavy atom. The Morgan fingerprint density at radius 1 is 0.935 bits per heavy atom. The van der Waals surface area contributed by atoms with Crippen molar-refractivity contribution < 1.29 is 14.4 Å². The summed E-state index contributed by atoms with van der Waals surface area (Å²) in [6.45, 7) is 2.57. The van der Waals surface area contributed by atoms with Crippen LogP contribution in [0.4, 0.5) is 5.69 Å². The minimum absolute atomic E-state index is 0.141. The number of hydrogen-bond donors (Lipinski definition) is 3. The van der Waals surface area contributed by atoms with Crippen molar-refractivity contribution in [3.8, 4) is 0 Å². The molecule has 3 amide bonds. The molecule has 0 radical (unpaired) electrons. The van der Waals surface area contributed by atoms with Crippen LogP contribution in [0.1, 0.15) is 56.9 Å². The second-order valence-corrected chi connectivity index (χ2v) is 10.7. The molecule has 7 heteroatoms. The molecular formula is C24H32BrN3O3. The van der Waals surface area contributed by atoms with Crippen LogP contribution in [0.2, 0.25) is 0 Å². The number of hydrogen-bond acceptors (Lipinski definition) is 3. The first-order valence-corrected chi connectivity index (χ1v) is 12.2. The molecule has 0 spiro atoms. The number of carbonyl (C=O) groups excluding carboxylic acids is 3. The van der Waals surface area contributed by atoms with Gasteiger partial charge >= 0.3 is 0 Å². The van der Waals surface area contributed by atoms with Crippen molar-refractivity contribution >= 4 is 39.3 Å². The van der Waals surface area contributed by atoms with E-state index in [0.29, 0.717) is 6.54 Å². The van der Waals surface area contributed by atoms with Gasteiger partial charge in [0.1, 0.15) is 0 Å². The lowest BCUT2D eigenvalue weighted by atomic mass is 9.49. The quantitative estimate of drug-likeness (QED) is 0.516. The van der Waals surface area contributed by atoms with E-state index in [0.717, 1.165) is 52.7 Å². The van der Waals surface area contributed by atoms with E-state index in [-0.39, 0.29) is 42.5 Å². The van der Waals surface area contributed by atoms with E-state index < -0.39 is 0 Å². The van der Waals surface area contributed by atoms with E-state index in [2.05, 4.69) is 31.9 Å². The van der Waals surface area contributed by atoms with E-state index in [4.69, 9.17) is 0 Å². The van der Waals surface area contributed by atoms with Crippen LogP contribution in [0, 0.1) is 30.1 Å². The molecule has 6 nitrogen and oxygen atoms in total. The fourth-order valence-corrected chi connectivity index (χ4v) is 6.57. The van der Waals surface area contributed by atoms with Crippen LogP contribution in [-0.2, 0) is 14.4 Å². The Kier molecular flexibility index (Phi) is 6.70. The van der Waals surface area contributed by atoms with Crippen LogP contribution < -0.4 is 16.0 Å². The van der Waals surface area contributed by atoms with Crippen molar-refractivity contribution in [2.24, 2.45) is 23.2 Å². The number of halogens is 1. The van der Waals surface area contributed by atoms with Crippen molar-refractivity contribution in [2.45, 2.75) is 58.3 Å². The largest absolute Gasteiger partial charge is 0.356 e. The Labute approximate surface area is 192 Å². The van der Waals surface area contributed by atoms with Crippen molar-refractivity contribution in [1.82, 2.24) is 10.6 Å². The highest BCUT2D eigenvalue weighted by atomic mass is 79.9. The molecule has 0 atom stereocenters. The number of benzene rings is 1. The predicted molar refractivity (Wildman–Crippen MR) is 123 cm³/mol. The summed E-state index contributed by atoms with van der Waals surface area (Å²) in [6, 6.07) is 5.71. The summed E-state index contributed by atoms with van der Waals surface area (Å²) in [7, 11) is 0. The van der Waals surface area contributed by atoms with E-state index in [9.17, 15) is 14.4 Å². The van der Waals surface area contributed by atoms with Gasteiger partial charge in [0.15, 0.2) is 0 Å². The molecule has 0 aliphatic heterocycles. The van der Waals surface area contributed by atoms with Gasteiger partial charge in [0.2, 0.25) is 17.7 Å². The molecule has 0 unspecified atom stereocenters. The number of nitrogens with one attached hydrogen (secondary N) is 3. The molecule has 4 bridgehead atoms. The molecule has 168 valence electrons. The number of aryl methyl sites for hydroxylation is 1. The van der Waals surface area contributed by atoms with Gasteiger partial charge in [-0.25, -0.2) is 0 Å². The van der Waals surface area contributed by atoms with Gasteiger partial charge in [-0.05, 0) is 80.9 Å². The van der Waals surface area contributed by atoms with Gasteiger partial charge in [0, 0.05) is 41.5 Å². The lowest BCUT2D eigenvalue weighted by Crippen LogP contribution is -2.53. The standard InChI is InChI=1S/C24H32BrN3O3/c1-15-2-3-19(25)11-20(15)28-22(30)5-6-26-21(29)4-7-27-23(31)24-12-16-8-17(13-24)10-18(9-16)14-24/h2-3,11,16-18H,4-10,12-14H2,1H3,(H,26,29)(H,27,31)(H,28,30). The molecule has 5 rings (SSSR count). The van der Waals surface area contributed by atoms with Gasteiger partial charge in [-0.1, -0.05) is 22.0 Å². The van der Waals surface area contributed by atoms with Crippen molar-refractivity contribution in [3.05, 3.63) is 28.2 Å². The predicted octanol–water partition coefficient (Wildman–Crippen LogP) is 3.93. The maximum absolute atomic E-state index is 12.9. The van der Waals surface area contributed by atoms with E-state index in [1.165, 1.54) is 19.3 Å². The second kappa shape index (κ2) is 9.31. The zero-order valence-electron chi connectivity index (χ0n) is 18.1. The first-order chi connectivity index (χ1) is 14.8. The molecule has 3 N–H and O–H groups in total. The van der Waals surface area contributed by atoms with Crippen LogP contribution >= 0.6 is 15.9 Å². The normalized spacial score (nSPS) is 28.3. The van der Waals surface area contributed by atoms with Crippen LogP contribution in [-0.4, -0.2) is 30.8 Å². The van der Waals surface area contributed by atoms with Gasteiger partial charge in [-0.3, -0.25) is 14.4 Å². The average Bonchev–Trinajstić information content (AvgIpc) is 2.69. The zero-order chi connectivity index (χ0) is 22.0. The Balaban J connectivity index is 1.14. The highest BCUT2D eigenvalue weighted by molar-refractivity contribution is 9.10. The first kappa shape index (κ1) is 22.3. The van der Waals surface area contributed by atoms with Crippen LogP contribution in [0.15, 0.2) is 22.7 Å². The molecule has 4 aliphatic carbocycles. The maximum atomic E-state index is 12.9. The topological polar surface area (TPSA) is 87.3 Å². The summed E-state index contributed by atoms with van der Waals surface area (Å²) in [5.74, 6) is 2.06. The number of carbonyl (C=O) groups is 3. The fourth-order valence-electron chi connectivity index (χ4n) is 6.21. The number of anilines is 1. The molecule has 1 aromatic rings. The Morgan fingerprint density at radius 3 is 2.16 bits per heavy atom. The number of rotatable bonds is 8. The average molecular weight is 490 g/mol. The molecule has 0 aromatic heterocycles.